The zero-order chi connectivity index (χ0) is 16.1. The number of carbonyl (C=O) groups excluding carboxylic acids is 1. The summed E-state index contributed by atoms with van der Waals surface area (Å²) in [7, 11) is 0. The Balaban J connectivity index is 2.30. The maximum Gasteiger partial charge on any atom is 0.339 e. The molecule has 0 saturated heterocycles. The van der Waals surface area contributed by atoms with Crippen molar-refractivity contribution in [2.75, 3.05) is 18.2 Å². The maximum absolute atomic E-state index is 12.1. The van der Waals surface area contributed by atoms with Gasteiger partial charge in [-0.05, 0) is 36.4 Å². The van der Waals surface area contributed by atoms with Crippen molar-refractivity contribution in [3.63, 3.8) is 0 Å². The summed E-state index contributed by atoms with van der Waals surface area (Å²) in [5.41, 5.74) is 6.67. The highest BCUT2D eigenvalue weighted by Gasteiger charge is 2.17. The lowest BCUT2D eigenvalue weighted by atomic mass is 10.2. The summed E-state index contributed by atoms with van der Waals surface area (Å²) in [5.74, 6) is 6.20. The van der Waals surface area contributed by atoms with E-state index in [-0.39, 0.29) is 0 Å². The second kappa shape index (κ2) is 7.17. The molecule has 2 aromatic rings. The second-order valence-electron chi connectivity index (χ2n) is 4.62. The number of esters is 1. The number of nitrogens with zero attached hydrogens (tertiary/aromatic N) is 3. The molecule has 0 fully saturated rings. The van der Waals surface area contributed by atoms with Crippen LogP contribution in [0.4, 0.5) is 5.69 Å². The van der Waals surface area contributed by atoms with Crippen molar-refractivity contribution in [3.8, 4) is 0 Å². The maximum atomic E-state index is 12.1. The summed E-state index contributed by atoms with van der Waals surface area (Å²) in [6, 6.07) is 5.07. The van der Waals surface area contributed by atoms with E-state index in [2.05, 4.69) is 10.2 Å². The van der Waals surface area contributed by atoms with Gasteiger partial charge in [-0.15, -0.1) is 10.2 Å². The Kier molecular flexibility index (Phi) is 5.26. The molecule has 0 unspecified atom stereocenters. The van der Waals surface area contributed by atoms with Crippen LogP contribution in [0.5, 0.6) is 0 Å². The van der Waals surface area contributed by atoms with Gasteiger partial charge in [0, 0.05) is 17.0 Å². The van der Waals surface area contributed by atoms with E-state index in [0.717, 1.165) is 6.42 Å². The fourth-order valence-electron chi connectivity index (χ4n) is 1.78. The normalized spacial score (nSPS) is 10.6. The van der Waals surface area contributed by atoms with Crippen LogP contribution < -0.4 is 11.6 Å². The molecule has 0 aliphatic carbocycles. The minimum Gasteiger partial charge on any atom is -0.462 e. The van der Waals surface area contributed by atoms with Crippen LogP contribution in [0.25, 0.3) is 0 Å². The molecule has 2 rings (SSSR count). The number of nitrogens with two attached hydrogens (primary N) is 2. The van der Waals surface area contributed by atoms with Crippen LogP contribution in [0.3, 0.4) is 0 Å². The van der Waals surface area contributed by atoms with E-state index >= 15 is 0 Å². The molecule has 7 nitrogen and oxygen atoms in total. The van der Waals surface area contributed by atoms with Gasteiger partial charge in [0.15, 0.2) is 5.82 Å². The predicted molar refractivity (Wildman–Crippen MR) is 85.1 cm³/mol. The van der Waals surface area contributed by atoms with Gasteiger partial charge < -0.3 is 16.3 Å². The average Bonchev–Trinajstić information content (AvgIpc) is 2.87. The summed E-state index contributed by atoms with van der Waals surface area (Å²) in [6.45, 7) is 4.24. The van der Waals surface area contributed by atoms with E-state index in [1.165, 1.54) is 16.4 Å². The van der Waals surface area contributed by atoms with Crippen molar-refractivity contribution in [3.05, 3.63) is 29.6 Å². The lowest BCUT2D eigenvalue weighted by Crippen LogP contribution is -2.13. The Morgan fingerprint density at radius 3 is 2.77 bits per heavy atom. The lowest BCUT2D eigenvalue weighted by molar-refractivity contribution is 0.0501. The summed E-state index contributed by atoms with van der Waals surface area (Å²) in [6.07, 6.45) is 1.44. The number of nitrogen functional groups attached to an aromatic ring is 2. The highest BCUT2D eigenvalue weighted by Crippen LogP contribution is 2.30. The first-order chi connectivity index (χ1) is 10.6. The predicted octanol–water partition coefficient (Wildman–Crippen LogP) is 1.85. The van der Waals surface area contributed by atoms with Gasteiger partial charge in [0.05, 0.1) is 12.2 Å². The molecule has 0 radical (unpaired) electrons. The van der Waals surface area contributed by atoms with Crippen LogP contribution in [0, 0.1) is 0 Å². The zero-order valence-electron chi connectivity index (χ0n) is 12.6. The van der Waals surface area contributed by atoms with Crippen molar-refractivity contribution < 1.29 is 9.53 Å². The van der Waals surface area contributed by atoms with Gasteiger partial charge in [0.25, 0.3) is 0 Å². The monoisotopic (exact) mass is 321 g/mol. The molecule has 0 atom stereocenters. The first-order valence-electron chi connectivity index (χ1n) is 7.00. The lowest BCUT2D eigenvalue weighted by Gasteiger charge is -2.09. The number of benzene rings is 1. The fraction of sp³-hybridized carbons (Fsp3) is 0.357. The molecule has 0 spiro atoms. The smallest absolute Gasteiger partial charge is 0.339 e. The van der Waals surface area contributed by atoms with Gasteiger partial charge in [-0.3, -0.25) is 0 Å². The highest BCUT2D eigenvalue weighted by atomic mass is 32.2. The molecule has 22 heavy (non-hydrogen) atoms. The first kappa shape index (κ1) is 16.2. The standard InChI is InChI=1S/C14H19N5O2S/c1-3-7-21-13(20)10-8-9(15)5-6-11(10)22-14-18-17-12(4-2)19(14)16/h5-6,8H,3-4,7,15-16H2,1-2H3. The van der Waals surface area contributed by atoms with Crippen LogP contribution in [0.15, 0.2) is 28.3 Å². The van der Waals surface area contributed by atoms with Gasteiger partial charge in [0.2, 0.25) is 5.16 Å². The first-order valence-corrected chi connectivity index (χ1v) is 7.82. The molecule has 1 aromatic carbocycles. The van der Waals surface area contributed by atoms with E-state index in [1.807, 2.05) is 13.8 Å². The Morgan fingerprint density at radius 1 is 1.36 bits per heavy atom. The fourth-order valence-corrected chi connectivity index (χ4v) is 2.66. The van der Waals surface area contributed by atoms with Gasteiger partial charge in [-0.25, -0.2) is 9.47 Å². The van der Waals surface area contributed by atoms with Gasteiger partial charge in [-0.1, -0.05) is 13.8 Å². The number of aryl methyl sites for hydroxylation is 1. The topological polar surface area (TPSA) is 109 Å². The summed E-state index contributed by atoms with van der Waals surface area (Å²) >= 11 is 1.26. The molecule has 0 bridgehead atoms. The van der Waals surface area contributed by atoms with Gasteiger partial charge in [-0.2, -0.15) is 0 Å². The molecule has 0 aliphatic rings. The molecule has 4 N–H and O–H groups in total. The zero-order valence-corrected chi connectivity index (χ0v) is 13.4. The number of hydrogen-bond donors (Lipinski definition) is 2. The van der Waals surface area contributed by atoms with Crippen molar-refractivity contribution in [2.45, 2.75) is 36.7 Å². The number of ether oxygens (including phenoxy) is 1. The van der Waals surface area contributed by atoms with Crippen molar-refractivity contribution >= 4 is 23.4 Å². The molecule has 0 amide bonds. The third-order valence-corrected chi connectivity index (χ3v) is 3.95. The molecular weight excluding hydrogens is 302 g/mol. The van der Waals surface area contributed by atoms with E-state index in [9.17, 15) is 4.79 Å². The summed E-state index contributed by atoms with van der Waals surface area (Å²) in [4.78, 5) is 12.8. The molecule has 1 heterocycles. The summed E-state index contributed by atoms with van der Waals surface area (Å²) in [5, 5.41) is 8.54. The molecular formula is C14H19N5O2S. The number of carbonyl (C=O) groups is 1. The van der Waals surface area contributed by atoms with E-state index < -0.39 is 5.97 Å². The van der Waals surface area contributed by atoms with Crippen LogP contribution in [0.1, 0.15) is 36.5 Å². The van der Waals surface area contributed by atoms with Gasteiger partial charge >= 0.3 is 5.97 Å². The Labute approximate surface area is 133 Å². The minimum absolute atomic E-state index is 0.366. The molecule has 0 aliphatic heterocycles. The van der Waals surface area contributed by atoms with Crippen LogP contribution in [-0.2, 0) is 11.2 Å². The second-order valence-corrected chi connectivity index (χ2v) is 5.63. The average molecular weight is 321 g/mol. The Hall–Kier alpha value is -2.22. The van der Waals surface area contributed by atoms with Crippen LogP contribution >= 0.6 is 11.8 Å². The Morgan fingerprint density at radius 2 is 2.14 bits per heavy atom. The van der Waals surface area contributed by atoms with Crippen molar-refractivity contribution in [2.24, 2.45) is 0 Å². The van der Waals surface area contributed by atoms with E-state index in [1.54, 1.807) is 18.2 Å². The van der Waals surface area contributed by atoms with Crippen molar-refractivity contribution in [1.82, 2.24) is 14.9 Å². The summed E-state index contributed by atoms with van der Waals surface area (Å²) < 4.78 is 6.60. The third kappa shape index (κ3) is 3.51. The number of anilines is 1. The quantitative estimate of drug-likeness (QED) is 0.475. The molecule has 8 heteroatoms. The highest BCUT2D eigenvalue weighted by molar-refractivity contribution is 7.99. The minimum atomic E-state index is -0.407. The van der Waals surface area contributed by atoms with Crippen LogP contribution in [0.2, 0.25) is 0 Å². The number of hydrogen-bond acceptors (Lipinski definition) is 7. The molecule has 1 aromatic heterocycles. The van der Waals surface area contributed by atoms with E-state index in [0.29, 0.717) is 40.2 Å². The van der Waals surface area contributed by atoms with Crippen molar-refractivity contribution in [1.29, 1.82) is 0 Å². The van der Waals surface area contributed by atoms with E-state index in [4.69, 9.17) is 16.3 Å². The molecule has 118 valence electrons. The number of aromatic nitrogens is 3. The molecule has 0 saturated carbocycles. The largest absolute Gasteiger partial charge is 0.462 e. The third-order valence-electron chi connectivity index (χ3n) is 2.91. The number of rotatable bonds is 6. The SMILES string of the molecule is CCCOC(=O)c1cc(N)ccc1Sc1nnc(CC)n1N. The Bertz CT molecular complexity index is 671. The van der Waals surface area contributed by atoms with Gasteiger partial charge in [0.1, 0.15) is 0 Å². The van der Waals surface area contributed by atoms with Crippen LogP contribution in [-0.4, -0.2) is 27.4 Å².